The second-order valence-electron chi connectivity index (χ2n) is 10.8. The molecule has 1 aromatic heterocycles. The van der Waals surface area contributed by atoms with Crippen molar-refractivity contribution >= 4 is 8.53 Å². The number of ether oxygens (including phenoxy) is 3. The van der Waals surface area contributed by atoms with Crippen LogP contribution in [0.1, 0.15) is 92.7 Å². The Bertz CT molecular complexity index is 1090. The van der Waals surface area contributed by atoms with E-state index in [1.54, 1.807) is 0 Å². The van der Waals surface area contributed by atoms with E-state index in [2.05, 4.69) is 24.6 Å². The summed E-state index contributed by atoms with van der Waals surface area (Å²) in [6, 6.07) is 2.32. The second kappa shape index (κ2) is 15.0. The third kappa shape index (κ3) is 7.77. The number of H-pyrrole nitrogens is 1. The maximum absolute atomic E-state index is 14.3. The van der Waals surface area contributed by atoms with Crippen molar-refractivity contribution in [2.24, 2.45) is 0 Å². The topological polar surface area (TPSA) is 128 Å². The zero-order chi connectivity index (χ0) is 29.4. The predicted octanol–water partition coefficient (Wildman–Crippen LogP) is 4.73. The Kier molecular flexibility index (Phi) is 12.3. The Hall–Kier alpha value is -1.71. The summed E-state index contributed by atoms with van der Waals surface area (Å²) in [6.07, 6.45) is 3.11. The molecule has 0 bridgehead atoms. The van der Waals surface area contributed by atoms with Crippen molar-refractivity contribution in [2.75, 3.05) is 13.2 Å². The minimum Gasteiger partial charge on any atom is -0.346 e. The Morgan fingerprint density at radius 1 is 1.12 bits per heavy atom. The van der Waals surface area contributed by atoms with Crippen LogP contribution in [0.2, 0.25) is 0 Å². The van der Waals surface area contributed by atoms with Crippen LogP contribution in [0, 0.1) is 17.1 Å². The average molecular weight is 587 g/mol. The first-order chi connectivity index (χ1) is 19.1. The number of nitriles is 1. The summed E-state index contributed by atoms with van der Waals surface area (Å²) >= 11 is 0. The molecule has 1 N–H and O–H groups in total. The largest absolute Gasteiger partial charge is 0.346 e. The third-order valence-electron chi connectivity index (χ3n) is 7.02. The van der Waals surface area contributed by atoms with Crippen molar-refractivity contribution in [3.05, 3.63) is 32.9 Å². The summed E-state index contributed by atoms with van der Waals surface area (Å²) in [7, 11) is -1.55. The first-order valence-electron chi connectivity index (χ1n) is 14.3. The van der Waals surface area contributed by atoms with Crippen LogP contribution in [0.3, 0.4) is 0 Å². The average Bonchev–Trinajstić information content (AvgIpc) is 3.42. The highest BCUT2D eigenvalue weighted by atomic mass is 31.2. The summed E-state index contributed by atoms with van der Waals surface area (Å²) in [4.78, 5) is 26.4. The van der Waals surface area contributed by atoms with Gasteiger partial charge in [-0.3, -0.25) is 14.3 Å². The van der Waals surface area contributed by atoms with E-state index in [4.69, 9.17) is 28.5 Å². The van der Waals surface area contributed by atoms with Crippen LogP contribution in [0.25, 0.3) is 0 Å². The molecule has 0 radical (unpaired) electrons. The van der Waals surface area contributed by atoms with Gasteiger partial charge in [0.1, 0.15) is 18.3 Å². The third-order valence-corrected chi connectivity index (χ3v) is 9.09. The van der Waals surface area contributed by atoms with Crippen molar-refractivity contribution in [2.45, 2.75) is 129 Å². The van der Waals surface area contributed by atoms with Gasteiger partial charge in [-0.15, -0.1) is 0 Å². The summed E-state index contributed by atoms with van der Waals surface area (Å²) < 4.78 is 49.2. The van der Waals surface area contributed by atoms with E-state index < -0.39 is 55.9 Å². The smallest absolute Gasteiger partial charge is 0.330 e. The normalized spacial score (nSPS) is 24.6. The lowest BCUT2D eigenvalue weighted by molar-refractivity contribution is -0.227. The number of rotatable bonds is 16. The molecule has 0 aromatic carbocycles. The first-order valence-corrected chi connectivity index (χ1v) is 15.4. The number of hydrogen-bond acceptors (Lipinski definition) is 9. The number of hydrogen-bond donors (Lipinski definition) is 1. The fourth-order valence-corrected chi connectivity index (χ4v) is 6.83. The molecule has 0 saturated carbocycles. The van der Waals surface area contributed by atoms with Crippen LogP contribution in [-0.4, -0.2) is 63.6 Å². The molecular formula is C27H44FN4O7P. The summed E-state index contributed by atoms with van der Waals surface area (Å²) in [5.41, 5.74) is -1.89. The van der Waals surface area contributed by atoms with Crippen molar-refractivity contribution < 1.29 is 27.6 Å². The molecule has 226 valence electrons. The van der Waals surface area contributed by atoms with Gasteiger partial charge in [-0.1, -0.05) is 26.7 Å². The van der Waals surface area contributed by atoms with Crippen LogP contribution >= 0.6 is 8.53 Å². The predicted molar refractivity (Wildman–Crippen MR) is 148 cm³/mol. The van der Waals surface area contributed by atoms with Crippen LogP contribution in [0.15, 0.2) is 15.8 Å². The number of halogens is 1. The van der Waals surface area contributed by atoms with Gasteiger partial charge in [0, 0.05) is 24.9 Å². The monoisotopic (exact) mass is 586 g/mol. The lowest BCUT2D eigenvalue weighted by atomic mass is 10.0. The van der Waals surface area contributed by atoms with E-state index in [0.717, 1.165) is 36.4 Å². The van der Waals surface area contributed by atoms with E-state index in [1.807, 2.05) is 32.7 Å². The van der Waals surface area contributed by atoms with Gasteiger partial charge in [-0.05, 0) is 40.5 Å². The fourth-order valence-electron chi connectivity index (χ4n) is 5.21. The Morgan fingerprint density at radius 2 is 1.75 bits per heavy atom. The molecule has 2 saturated heterocycles. The number of unbranched alkanes of at least 4 members (excludes halogenated alkanes) is 2. The minimum atomic E-state index is -1.55. The quantitative estimate of drug-likeness (QED) is 0.216. The molecule has 40 heavy (non-hydrogen) atoms. The molecule has 2 aliphatic heterocycles. The van der Waals surface area contributed by atoms with E-state index in [0.29, 0.717) is 12.8 Å². The van der Waals surface area contributed by atoms with Crippen molar-refractivity contribution in [3.8, 4) is 6.07 Å². The molecule has 0 aliphatic carbocycles. The van der Waals surface area contributed by atoms with Crippen LogP contribution in [-0.2, 0) is 23.3 Å². The van der Waals surface area contributed by atoms with Gasteiger partial charge in [0.15, 0.2) is 12.0 Å². The minimum absolute atomic E-state index is 0.0629. The molecule has 1 aromatic rings. The van der Waals surface area contributed by atoms with E-state index >= 15 is 0 Å². The molecule has 3 heterocycles. The highest BCUT2D eigenvalue weighted by molar-refractivity contribution is 7.44. The molecule has 0 amide bonds. The fraction of sp³-hybridized carbons (Fsp3) is 0.815. The lowest BCUT2D eigenvalue weighted by Gasteiger charge is -2.36. The van der Waals surface area contributed by atoms with Gasteiger partial charge < -0.3 is 23.3 Å². The maximum Gasteiger partial charge on any atom is 0.330 e. The van der Waals surface area contributed by atoms with Crippen molar-refractivity contribution in [1.29, 1.82) is 5.26 Å². The summed E-state index contributed by atoms with van der Waals surface area (Å²) in [5, 5.41) is 9.01. The number of nitrogens with one attached hydrogen (secondary N) is 1. The van der Waals surface area contributed by atoms with E-state index in [9.17, 15) is 14.0 Å². The van der Waals surface area contributed by atoms with Gasteiger partial charge >= 0.3 is 5.69 Å². The van der Waals surface area contributed by atoms with Crippen LogP contribution in [0.5, 0.6) is 0 Å². The molecule has 13 heteroatoms. The number of aromatic amines is 1. The highest BCUT2D eigenvalue weighted by Crippen LogP contribution is 2.50. The maximum atomic E-state index is 14.3. The Balaban J connectivity index is 1.92. The van der Waals surface area contributed by atoms with Crippen molar-refractivity contribution in [3.63, 3.8) is 0 Å². The van der Waals surface area contributed by atoms with E-state index in [1.165, 1.54) is 0 Å². The summed E-state index contributed by atoms with van der Waals surface area (Å²) in [6.45, 7) is 12.7. The second-order valence-corrected chi connectivity index (χ2v) is 12.3. The molecule has 2 aliphatic rings. The SMILES string of the molecule is CCCCC1(CCCC)OC2[C@@H](O1)[C@@H](COP(OCCC#N)N(C(C)C)C(C)C)O[C@H]2n1cc(F)c(=O)[nH]c1=O. The zero-order valence-electron chi connectivity index (χ0n) is 24.4. The van der Waals surface area contributed by atoms with Gasteiger partial charge in [-0.2, -0.15) is 9.65 Å². The standard InChI is InChI=1S/C27H44FN4O7P/c1-7-9-12-27(13-10-8-2)38-22-21(17-36-40(35-15-11-14-29)32(18(3)4)19(5)6)37-25(23(22)39-27)31-16-20(28)24(33)30-26(31)34/h16,18-19,21-23,25H,7-13,15,17H2,1-6H3,(H,30,33,34)/t21-,22+,23?,25-,40?/m1/s1. The lowest BCUT2D eigenvalue weighted by Crippen LogP contribution is -2.39. The van der Waals surface area contributed by atoms with Crippen molar-refractivity contribution in [1.82, 2.24) is 14.2 Å². The van der Waals surface area contributed by atoms with E-state index in [-0.39, 0.29) is 31.7 Å². The van der Waals surface area contributed by atoms with Gasteiger partial charge in [0.2, 0.25) is 5.82 Å². The molecule has 11 nitrogen and oxygen atoms in total. The molecule has 3 rings (SSSR count). The van der Waals surface area contributed by atoms with Crippen LogP contribution < -0.4 is 11.2 Å². The number of fused-ring (bicyclic) bond motifs is 1. The van der Waals surface area contributed by atoms with Gasteiger partial charge in [-0.25, -0.2) is 9.46 Å². The zero-order valence-corrected chi connectivity index (χ0v) is 25.3. The highest BCUT2D eigenvalue weighted by Gasteiger charge is 2.58. The molecule has 5 atom stereocenters. The number of nitrogens with zero attached hydrogens (tertiary/aromatic N) is 3. The Morgan fingerprint density at radius 3 is 2.33 bits per heavy atom. The molecule has 0 spiro atoms. The summed E-state index contributed by atoms with van der Waals surface area (Å²) in [5.74, 6) is -1.96. The Labute approximate surface area is 236 Å². The molecule has 2 unspecified atom stereocenters. The molecule has 2 fully saturated rings. The first kappa shape index (κ1) is 32.8. The molecular weight excluding hydrogens is 542 g/mol. The van der Waals surface area contributed by atoms with Gasteiger partial charge in [0.25, 0.3) is 14.1 Å². The van der Waals surface area contributed by atoms with Gasteiger partial charge in [0.05, 0.1) is 31.9 Å². The number of aromatic nitrogens is 2. The van der Waals surface area contributed by atoms with Crippen LogP contribution in [0.4, 0.5) is 4.39 Å².